The van der Waals surface area contributed by atoms with Gasteiger partial charge in [0.2, 0.25) is 0 Å². The molecule has 2 bridgehead atoms. The Kier molecular flexibility index (Phi) is 3.18. The molecular formula is C13H12BrN3O2S2. The number of fused-ring (bicyclic) bond motifs is 4. The summed E-state index contributed by atoms with van der Waals surface area (Å²) in [5.41, 5.74) is 1.96. The lowest BCUT2D eigenvalue weighted by atomic mass is 10.0. The van der Waals surface area contributed by atoms with Gasteiger partial charge in [0.05, 0.1) is 15.5 Å². The van der Waals surface area contributed by atoms with E-state index in [1.165, 1.54) is 11.3 Å². The SMILES string of the molecule is O=S(=O)(c1ccc(Br)s1)N1C2CCC1c1cncnc1C2. The first kappa shape index (κ1) is 13.8. The number of halogens is 1. The zero-order valence-corrected chi connectivity index (χ0v) is 14.2. The lowest BCUT2D eigenvalue weighted by Gasteiger charge is -2.33. The van der Waals surface area contributed by atoms with E-state index in [-0.39, 0.29) is 12.1 Å². The molecule has 0 spiro atoms. The smallest absolute Gasteiger partial charge is 0.244 e. The van der Waals surface area contributed by atoms with Gasteiger partial charge >= 0.3 is 0 Å². The van der Waals surface area contributed by atoms with Crippen molar-refractivity contribution < 1.29 is 8.42 Å². The Bertz CT molecular complexity index is 805. The highest BCUT2D eigenvalue weighted by atomic mass is 79.9. The largest absolute Gasteiger partial charge is 0.253 e. The van der Waals surface area contributed by atoms with Crippen LogP contribution >= 0.6 is 27.3 Å². The topological polar surface area (TPSA) is 63.2 Å². The van der Waals surface area contributed by atoms with Crippen LogP contribution in [0.15, 0.2) is 32.7 Å². The van der Waals surface area contributed by atoms with Crippen LogP contribution in [0.4, 0.5) is 0 Å². The Hall–Kier alpha value is -0.830. The highest BCUT2D eigenvalue weighted by Crippen LogP contribution is 2.46. The van der Waals surface area contributed by atoms with Crippen LogP contribution < -0.4 is 0 Å². The van der Waals surface area contributed by atoms with Crippen LogP contribution in [0.25, 0.3) is 0 Å². The maximum atomic E-state index is 12.9. The second-order valence-electron chi connectivity index (χ2n) is 5.27. The van der Waals surface area contributed by atoms with E-state index in [0.29, 0.717) is 10.6 Å². The lowest BCUT2D eigenvalue weighted by molar-refractivity contribution is 0.301. The molecule has 4 rings (SSSR count). The molecule has 2 aromatic rings. The predicted molar refractivity (Wildman–Crippen MR) is 82.5 cm³/mol. The summed E-state index contributed by atoms with van der Waals surface area (Å²) in [6.45, 7) is 0. The van der Waals surface area contributed by atoms with Crippen molar-refractivity contribution in [2.75, 3.05) is 0 Å². The average molecular weight is 386 g/mol. The highest BCUT2D eigenvalue weighted by molar-refractivity contribution is 9.11. The minimum absolute atomic E-state index is 0.0169. The van der Waals surface area contributed by atoms with Gasteiger partial charge in [0.15, 0.2) is 0 Å². The summed E-state index contributed by atoms with van der Waals surface area (Å²) in [5.74, 6) is 0. The first-order valence-corrected chi connectivity index (χ1v) is 9.70. The average Bonchev–Trinajstić information content (AvgIpc) is 3.03. The van der Waals surface area contributed by atoms with E-state index in [1.807, 2.05) is 0 Å². The number of nitrogens with zero attached hydrogens (tertiary/aromatic N) is 3. The van der Waals surface area contributed by atoms with Crippen molar-refractivity contribution in [3.63, 3.8) is 0 Å². The van der Waals surface area contributed by atoms with E-state index < -0.39 is 10.0 Å². The van der Waals surface area contributed by atoms with E-state index in [0.717, 1.165) is 27.9 Å². The minimum atomic E-state index is -3.45. The van der Waals surface area contributed by atoms with E-state index in [1.54, 1.807) is 29.0 Å². The highest BCUT2D eigenvalue weighted by Gasteiger charge is 2.47. The normalized spacial score (nSPS) is 25.0. The molecule has 0 aromatic carbocycles. The molecule has 1 saturated heterocycles. The molecule has 0 amide bonds. The summed E-state index contributed by atoms with van der Waals surface area (Å²) in [4.78, 5) is 8.39. The third-order valence-electron chi connectivity index (χ3n) is 4.14. The molecule has 0 saturated carbocycles. The fourth-order valence-electron chi connectivity index (χ4n) is 3.29. The second-order valence-corrected chi connectivity index (χ2v) is 9.80. The number of hydrogen-bond acceptors (Lipinski definition) is 5. The van der Waals surface area contributed by atoms with E-state index >= 15 is 0 Å². The Morgan fingerprint density at radius 1 is 1.33 bits per heavy atom. The van der Waals surface area contributed by atoms with Gasteiger partial charge in [-0.1, -0.05) is 0 Å². The van der Waals surface area contributed by atoms with Crippen LogP contribution in [0.3, 0.4) is 0 Å². The van der Waals surface area contributed by atoms with Gasteiger partial charge in [-0.25, -0.2) is 18.4 Å². The van der Waals surface area contributed by atoms with Gasteiger partial charge in [-0.2, -0.15) is 4.31 Å². The van der Waals surface area contributed by atoms with Gasteiger partial charge in [-0.05, 0) is 40.9 Å². The van der Waals surface area contributed by atoms with Crippen molar-refractivity contribution in [3.05, 3.63) is 39.7 Å². The van der Waals surface area contributed by atoms with Crippen LogP contribution in [0.5, 0.6) is 0 Å². The molecule has 2 aromatic heterocycles. The van der Waals surface area contributed by atoms with E-state index in [9.17, 15) is 8.42 Å². The van der Waals surface area contributed by atoms with Gasteiger partial charge in [-0.15, -0.1) is 11.3 Å². The molecule has 21 heavy (non-hydrogen) atoms. The molecule has 0 N–H and O–H groups in total. The third-order valence-corrected chi connectivity index (χ3v) is 8.19. The summed E-state index contributed by atoms with van der Waals surface area (Å²) in [5, 5.41) is 0. The number of thiophene rings is 1. The lowest BCUT2D eigenvalue weighted by Crippen LogP contribution is -2.41. The molecule has 0 aliphatic carbocycles. The molecule has 1 fully saturated rings. The summed E-state index contributed by atoms with van der Waals surface area (Å²) < 4.78 is 28.8. The Balaban J connectivity index is 1.81. The first-order valence-electron chi connectivity index (χ1n) is 6.65. The molecule has 2 unspecified atom stereocenters. The number of sulfonamides is 1. The van der Waals surface area contributed by atoms with Gasteiger partial charge in [0.1, 0.15) is 10.5 Å². The number of hydrogen-bond donors (Lipinski definition) is 0. The Morgan fingerprint density at radius 3 is 2.95 bits per heavy atom. The van der Waals surface area contributed by atoms with Gasteiger partial charge < -0.3 is 0 Å². The fourth-order valence-corrected chi connectivity index (χ4v) is 7.25. The van der Waals surface area contributed by atoms with Crippen molar-refractivity contribution >= 4 is 37.3 Å². The van der Waals surface area contributed by atoms with Crippen molar-refractivity contribution in [1.82, 2.24) is 14.3 Å². The molecule has 5 nitrogen and oxygen atoms in total. The summed E-state index contributed by atoms with van der Waals surface area (Å²) in [6.07, 6.45) is 5.71. The van der Waals surface area contributed by atoms with Gasteiger partial charge in [0, 0.05) is 24.2 Å². The third kappa shape index (κ3) is 2.08. The monoisotopic (exact) mass is 385 g/mol. The van der Waals surface area contributed by atoms with Crippen LogP contribution in [-0.4, -0.2) is 28.7 Å². The number of aromatic nitrogens is 2. The number of rotatable bonds is 2. The molecule has 8 heteroatoms. The van der Waals surface area contributed by atoms with E-state index in [4.69, 9.17) is 0 Å². The molecule has 2 aliphatic heterocycles. The van der Waals surface area contributed by atoms with Gasteiger partial charge in [-0.3, -0.25) is 0 Å². The molecule has 2 atom stereocenters. The van der Waals surface area contributed by atoms with E-state index in [2.05, 4.69) is 25.9 Å². The van der Waals surface area contributed by atoms with Crippen LogP contribution in [0.1, 0.15) is 30.1 Å². The second kappa shape index (κ2) is 4.84. The van der Waals surface area contributed by atoms with Crippen LogP contribution in [0.2, 0.25) is 0 Å². The summed E-state index contributed by atoms with van der Waals surface area (Å²) in [6, 6.07) is 3.34. The molecule has 4 heterocycles. The van der Waals surface area contributed by atoms with Crippen molar-refractivity contribution in [2.24, 2.45) is 0 Å². The van der Waals surface area contributed by atoms with Crippen molar-refractivity contribution in [3.8, 4) is 0 Å². The summed E-state index contributed by atoms with van der Waals surface area (Å²) >= 11 is 4.59. The molecular weight excluding hydrogens is 374 g/mol. The van der Waals surface area contributed by atoms with Crippen molar-refractivity contribution in [2.45, 2.75) is 35.6 Å². The van der Waals surface area contributed by atoms with Crippen molar-refractivity contribution in [1.29, 1.82) is 0 Å². The molecule has 2 aliphatic rings. The first-order chi connectivity index (χ1) is 10.1. The quantitative estimate of drug-likeness (QED) is 0.796. The zero-order valence-electron chi connectivity index (χ0n) is 10.9. The standard InChI is InChI=1S/C13H12BrN3O2S2/c14-12-3-4-13(20-12)21(18,19)17-8-1-2-11(17)9-6-15-7-16-10(9)5-8/h3-4,6-8,11H,1-2,5H2. The van der Waals surface area contributed by atoms with Gasteiger partial charge in [0.25, 0.3) is 10.0 Å². The molecule has 110 valence electrons. The maximum absolute atomic E-state index is 12.9. The predicted octanol–water partition coefficient (Wildman–Crippen LogP) is 2.75. The Morgan fingerprint density at radius 2 is 2.19 bits per heavy atom. The minimum Gasteiger partial charge on any atom is -0.244 e. The fraction of sp³-hybridized carbons (Fsp3) is 0.385. The summed E-state index contributed by atoms with van der Waals surface area (Å²) in [7, 11) is -3.45. The zero-order chi connectivity index (χ0) is 14.6. The van der Waals surface area contributed by atoms with Crippen LogP contribution in [0, 0.1) is 0 Å². The molecule has 0 radical (unpaired) electrons. The maximum Gasteiger partial charge on any atom is 0.253 e. The Labute approximate surface area is 135 Å². The van der Waals surface area contributed by atoms with Crippen LogP contribution in [-0.2, 0) is 16.4 Å².